The van der Waals surface area contributed by atoms with Gasteiger partial charge in [-0.25, -0.2) is 8.42 Å². The quantitative estimate of drug-likeness (QED) is 0.0956. The van der Waals surface area contributed by atoms with Gasteiger partial charge in [-0.1, -0.05) is 42.5 Å². The van der Waals surface area contributed by atoms with Crippen LogP contribution in [-0.4, -0.2) is 25.9 Å². The monoisotopic (exact) mass is 678 g/mol. The molecule has 242 valence electrons. The lowest BCUT2D eigenvalue weighted by molar-refractivity contribution is 0.463. The van der Waals surface area contributed by atoms with Crippen molar-refractivity contribution in [2.75, 3.05) is 5.73 Å². The maximum absolute atomic E-state index is 11.6. The predicted octanol–water partition coefficient (Wildman–Crippen LogP) is 9.15. The van der Waals surface area contributed by atoms with E-state index in [1.165, 1.54) is 30.3 Å². The molecule has 0 aliphatic rings. The first kappa shape index (κ1) is 32.6. The first-order valence-corrected chi connectivity index (χ1v) is 17.4. The first-order valence-electron chi connectivity index (χ1n) is 14.5. The Morgan fingerprint density at radius 2 is 1.06 bits per heavy atom. The standard InChI is InChI=1S/C35H29N5O6S2/c1-20-4-5-25-18-27(47(41,42)43)9-11-29(25)34(20)39-37-32-14-7-23(16-21(32)2)24-8-15-33(22(3)17-24)38-40-35-30-12-10-28(48(44,45)46)19-26(30)6-13-31(35)36/h4-19H,36H2,1-3H3,(H,41,42,43)(H,44,45,46)/p-1. The molecule has 0 radical (unpaired) electrons. The summed E-state index contributed by atoms with van der Waals surface area (Å²) in [5.74, 6) is 0. The second-order valence-electron chi connectivity index (χ2n) is 11.3. The van der Waals surface area contributed by atoms with Crippen molar-refractivity contribution in [3.8, 4) is 11.1 Å². The fraction of sp³-hybridized carbons (Fsp3) is 0.0857. The Hall–Kier alpha value is -5.34. The van der Waals surface area contributed by atoms with Crippen LogP contribution in [0.25, 0.3) is 32.7 Å². The second kappa shape index (κ2) is 12.4. The van der Waals surface area contributed by atoms with Crippen LogP contribution >= 0.6 is 0 Å². The van der Waals surface area contributed by atoms with Gasteiger partial charge in [-0.2, -0.15) is 18.6 Å². The highest BCUT2D eigenvalue weighted by atomic mass is 32.2. The first-order chi connectivity index (χ1) is 22.7. The Labute approximate surface area is 277 Å². The largest absolute Gasteiger partial charge is 0.744 e. The van der Waals surface area contributed by atoms with Gasteiger partial charge in [-0.15, -0.1) is 10.2 Å². The number of fused-ring (bicyclic) bond motifs is 2. The summed E-state index contributed by atoms with van der Waals surface area (Å²) in [6.07, 6.45) is 0. The van der Waals surface area contributed by atoms with Gasteiger partial charge in [0.2, 0.25) is 0 Å². The molecule has 6 rings (SSSR count). The summed E-state index contributed by atoms with van der Waals surface area (Å²) in [5, 5.41) is 20.2. The van der Waals surface area contributed by atoms with E-state index in [4.69, 9.17) is 5.73 Å². The molecule has 0 bridgehead atoms. The maximum Gasteiger partial charge on any atom is 0.294 e. The summed E-state index contributed by atoms with van der Waals surface area (Å²) in [4.78, 5) is -0.522. The zero-order chi connectivity index (χ0) is 34.4. The Kier molecular flexibility index (Phi) is 8.39. The molecule has 0 fully saturated rings. The van der Waals surface area contributed by atoms with Crippen LogP contribution in [0.3, 0.4) is 0 Å². The predicted molar refractivity (Wildman–Crippen MR) is 185 cm³/mol. The van der Waals surface area contributed by atoms with Gasteiger partial charge in [0.25, 0.3) is 10.1 Å². The highest BCUT2D eigenvalue weighted by Crippen LogP contribution is 2.37. The van der Waals surface area contributed by atoms with E-state index in [0.717, 1.165) is 27.8 Å². The molecule has 0 saturated heterocycles. The number of hydrogen-bond donors (Lipinski definition) is 2. The average molecular weight is 679 g/mol. The molecule has 48 heavy (non-hydrogen) atoms. The molecule has 0 heterocycles. The Balaban J connectivity index is 1.25. The van der Waals surface area contributed by atoms with Gasteiger partial charge in [0.05, 0.1) is 32.5 Å². The molecule has 0 unspecified atom stereocenters. The van der Waals surface area contributed by atoms with Crippen molar-refractivity contribution in [1.29, 1.82) is 0 Å². The summed E-state index contributed by atoms with van der Waals surface area (Å²) in [6, 6.07) is 26.8. The fourth-order valence-electron chi connectivity index (χ4n) is 5.37. The van der Waals surface area contributed by atoms with Crippen LogP contribution in [0.15, 0.2) is 127 Å². The number of nitrogens with two attached hydrogens (primary N) is 1. The summed E-state index contributed by atoms with van der Waals surface area (Å²) in [7, 11) is -8.94. The lowest BCUT2D eigenvalue weighted by atomic mass is 10.00. The second-order valence-corrected chi connectivity index (χ2v) is 14.1. The molecule has 0 saturated carbocycles. The molecule has 0 aromatic heterocycles. The molecule has 11 nitrogen and oxygen atoms in total. The number of hydrogen-bond acceptors (Lipinski definition) is 10. The Morgan fingerprint density at radius 3 is 1.60 bits per heavy atom. The Morgan fingerprint density at radius 1 is 0.562 bits per heavy atom. The number of benzene rings is 6. The minimum atomic E-state index is -4.58. The van der Waals surface area contributed by atoms with Gasteiger partial charge in [0.15, 0.2) is 0 Å². The zero-order valence-corrected chi connectivity index (χ0v) is 27.5. The zero-order valence-electron chi connectivity index (χ0n) is 25.9. The summed E-state index contributed by atoms with van der Waals surface area (Å²) in [5.41, 5.74) is 13.3. The van der Waals surface area contributed by atoms with Crippen molar-refractivity contribution in [2.24, 2.45) is 20.5 Å². The van der Waals surface area contributed by atoms with Crippen LogP contribution < -0.4 is 5.73 Å². The average Bonchev–Trinajstić information content (AvgIpc) is 3.03. The van der Waals surface area contributed by atoms with E-state index in [9.17, 15) is 25.9 Å². The molecular weight excluding hydrogens is 651 g/mol. The topological polar surface area (TPSA) is 187 Å². The number of rotatable bonds is 7. The van der Waals surface area contributed by atoms with E-state index in [2.05, 4.69) is 20.5 Å². The van der Waals surface area contributed by atoms with Gasteiger partial charge in [0.1, 0.15) is 15.8 Å². The van der Waals surface area contributed by atoms with Gasteiger partial charge >= 0.3 is 0 Å². The van der Waals surface area contributed by atoms with Gasteiger partial charge in [0, 0.05) is 10.8 Å². The van der Waals surface area contributed by atoms with Crippen molar-refractivity contribution in [1.82, 2.24) is 0 Å². The highest BCUT2D eigenvalue weighted by molar-refractivity contribution is 7.86. The van der Waals surface area contributed by atoms with Crippen molar-refractivity contribution in [2.45, 2.75) is 30.6 Å². The summed E-state index contributed by atoms with van der Waals surface area (Å²) >= 11 is 0. The minimum absolute atomic E-state index is 0.224. The lowest BCUT2D eigenvalue weighted by Crippen LogP contribution is -1.98. The number of anilines is 1. The minimum Gasteiger partial charge on any atom is -0.744 e. The SMILES string of the molecule is Cc1cc(-c2ccc(N=Nc3c(N)ccc4cc(S(=O)(=O)O)ccc34)c(C)c2)ccc1N=Nc1c(C)ccc2cc(S(=O)(=O)[O-])ccc12. The normalized spacial score (nSPS) is 12.5. The molecule has 3 N–H and O–H groups in total. The van der Waals surface area contributed by atoms with Crippen molar-refractivity contribution < 1.29 is 25.9 Å². The lowest BCUT2D eigenvalue weighted by Gasteiger charge is -2.10. The van der Waals surface area contributed by atoms with Crippen LogP contribution in [0.2, 0.25) is 0 Å². The van der Waals surface area contributed by atoms with Crippen LogP contribution in [0, 0.1) is 20.8 Å². The van der Waals surface area contributed by atoms with E-state index in [-0.39, 0.29) is 9.79 Å². The molecule has 0 aliphatic carbocycles. The van der Waals surface area contributed by atoms with E-state index >= 15 is 0 Å². The van der Waals surface area contributed by atoms with Gasteiger partial charge < -0.3 is 10.3 Å². The van der Waals surface area contributed by atoms with Crippen LogP contribution in [0.4, 0.5) is 28.4 Å². The van der Waals surface area contributed by atoms with Crippen molar-refractivity contribution in [3.05, 3.63) is 114 Å². The molecule has 6 aromatic carbocycles. The molecule has 0 amide bonds. The molecule has 0 spiro atoms. The number of nitrogen functional groups attached to an aromatic ring is 1. The van der Waals surface area contributed by atoms with Crippen LogP contribution in [-0.2, 0) is 20.2 Å². The Bertz CT molecular complexity index is 2390. The highest BCUT2D eigenvalue weighted by Gasteiger charge is 2.13. The maximum atomic E-state index is 11.6. The van der Waals surface area contributed by atoms with Gasteiger partial charge in [-0.05, 0) is 114 Å². The van der Waals surface area contributed by atoms with E-state index in [0.29, 0.717) is 50.0 Å². The third kappa shape index (κ3) is 6.57. The molecule has 0 aliphatic heterocycles. The van der Waals surface area contributed by atoms with Crippen LogP contribution in [0.1, 0.15) is 16.7 Å². The molecule has 0 atom stereocenters. The number of nitrogens with zero attached hydrogens (tertiary/aromatic N) is 4. The summed E-state index contributed by atoms with van der Waals surface area (Å²) in [6.45, 7) is 5.73. The van der Waals surface area contributed by atoms with Gasteiger partial charge in [-0.3, -0.25) is 4.55 Å². The molecular formula is C35H28N5O6S2-. The number of aryl methyl sites for hydroxylation is 3. The molecule has 13 heteroatoms. The summed E-state index contributed by atoms with van der Waals surface area (Å²) < 4.78 is 67.0. The fourth-order valence-corrected chi connectivity index (χ4v) is 6.39. The van der Waals surface area contributed by atoms with E-state index < -0.39 is 20.2 Å². The van der Waals surface area contributed by atoms with E-state index in [1.54, 1.807) is 30.3 Å². The molecule has 6 aromatic rings. The third-order valence-corrected chi connectivity index (χ3v) is 9.67. The van der Waals surface area contributed by atoms with Crippen molar-refractivity contribution in [3.63, 3.8) is 0 Å². The smallest absolute Gasteiger partial charge is 0.294 e. The third-order valence-electron chi connectivity index (χ3n) is 7.99. The van der Waals surface area contributed by atoms with Crippen molar-refractivity contribution >= 4 is 70.2 Å². The van der Waals surface area contributed by atoms with Crippen LogP contribution in [0.5, 0.6) is 0 Å². The number of azo groups is 2. The van der Waals surface area contributed by atoms with E-state index in [1.807, 2.05) is 57.2 Å².